The van der Waals surface area contributed by atoms with Crippen molar-refractivity contribution in [3.8, 4) is 5.88 Å². The predicted molar refractivity (Wildman–Crippen MR) is 109 cm³/mol. The van der Waals surface area contributed by atoms with Crippen LogP contribution in [0.5, 0.6) is 5.88 Å². The lowest BCUT2D eigenvalue weighted by Crippen LogP contribution is -2.63. The van der Waals surface area contributed by atoms with E-state index in [2.05, 4.69) is 10.3 Å². The second kappa shape index (κ2) is 9.16. The molecule has 1 N–H and O–H groups in total. The molecule has 2 aromatic rings. The zero-order chi connectivity index (χ0) is 20.1. The number of pyridine rings is 1. The van der Waals surface area contributed by atoms with Gasteiger partial charge in [-0.15, -0.1) is 11.8 Å². The minimum absolute atomic E-state index is 0.127. The SMILES string of the molecule is CCSC1NC(=O)N(Cc2ccc(OC)nc2)C(=O)N1Cc1ccc(Cl)cc1. The van der Waals surface area contributed by atoms with Crippen molar-refractivity contribution >= 4 is 35.4 Å². The first-order valence-electron chi connectivity index (χ1n) is 8.75. The van der Waals surface area contributed by atoms with Crippen LogP contribution >= 0.6 is 23.4 Å². The Hall–Kier alpha value is -2.45. The van der Waals surface area contributed by atoms with E-state index in [0.29, 0.717) is 17.4 Å². The second-order valence-electron chi connectivity index (χ2n) is 6.09. The molecule has 1 fully saturated rings. The fourth-order valence-electron chi connectivity index (χ4n) is 2.78. The van der Waals surface area contributed by atoms with Gasteiger partial charge in [0.25, 0.3) is 0 Å². The van der Waals surface area contributed by atoms with Crippen molar-refractivity contribution in [3.05, 3.63) is 58.7 Å². The highest BCUT2D eigenvalue weighted by atomic mass is 35.5. The summed E-state index contributed by atoms with van der Waals surface area (Å²) in [5.41, 5.74) is 1.24. The van der Waals surface area contributed by atoms with E-state index in [1.807, 2.05) is 19.1 Å². The van der Waals surface area contributed by atoms with Crippen molar-refractivity contribution in [2.45, 2.75) is 25.5 Å². The standard InChI is InChI=1S/C19H21ClN4O3S/c1-3-28-18-22-17(25)23(12-14-6-9-16(27-2)21-10-14)19(26)24(18)11-13-4-7-15(20)8-5-13/h4-10,18H,3,11-12H2,1-2H3,(H,22,25). The quantitative estimate of drug-likeness (QED) is 0.734. The van der Waals surface area contributed by atoms with E-state index in [1.54, 1.807) is 35.4 Å². The summed E-state index contributed by atoms with van der Waals surface area (Å²) in [6, 6.07) is 10.0. The number of amides is 4. The minimum atomic E-state index is -0.425. The molecule has 148 valence electrons. The molecule has 1 unspecified atom stereocenters. The smallest absolute Gasteiger partial charge is 0.331 e. The van der Waals surface area contributed by atoms with E-state index in [1.165, 1.54) is 23.8 Å². The van der Waals surface area contributed by atoms with Gasteiger partial charge in [-0.05, 0) is 29.0 Å². The lowest BCUT2D eigenvalue weighted by Gasteiger charge is -2.40. The summed E-state index contributed by atoms with van der Waals surface area (Å²) in [5, 5.41) is 3.54. The van der Waals surface area contributed by atoms with Gasteiger partial charge in [-0.3, -0.25) is 4.90 Å². The molecule has 1 saturated heterocycles. The number of benzene rings is 1. The number of rotatable bonds is 7. The van der Waals surface area contributed by atoms with Gasteiger partial charge in [0.1, 0.15) is 0 Å². The molecule has 1 aromatic carbocycles. The molecule has 0 saturated carbocycles. The van der Waals surface area contributed by atoms with Crippen LogP contribution in [0.1, 0.15) is 18.1 Å². The molecule has 9 heteroatoms. The van der Waals surface area contributed by atoms with Crippen molar-refractivity contribution in [3.63, 3.8) is 0 Å². The molecule has 1 aliphatic heterocycles. The third-order valence-corrected chi connectivity index (χ3v) is 5.46. The van der Waals surface area contributed by atoms with E-state index < -0.39 is 11.5 Å². The first kappa shape index (κ1) is 20.3. The fourth-order valence-corrected chi connectivity index (χ4v) is 3.75. The summed E-state index contributed by atoms with van der Waals surface area (Å²) < 4.78 is 5.04. The highest BCUT2D eigenvalue weighted by Gasteiger charge is 2.38. The maximum Gasteiger partial charge on any atom is 0.331 e. The number of nitrogens with zero attached hydrogens (tertiary/aromatic N) is 3. The molecule has 3 rings (SSSR count). The van der Waals surface area contributed by atoms with Crippen LogP contribution in [0.3, 0.4) is 0 Å². The predicted octanol–water partition coefficient (Wildman–Crippen LogP) is 3.93. The van der Waals surface area contributed by atoms with E-state index in [0.717, 1.165) is 16.9 Å². The fraction of sp³-hybridized carbons (Fsp3) is 0.316. The number of thioether (sulfide) groups is 1. The average Bonchev–Trinajstić information content (AvgIpc) is 2.70. The first-order chi connectivity index (χ1) is 13.5. The highest BCUT2D eigenvalue weighted by molar-refractivity contribution is 7.99. The number of halogens is 1. The Morgan fingerprint density at radius 2 is 1.86 bits per heavy atom. The normalized spacial score (nSPS) is 16.9. The monoisotopic (exact) mass is 420 g/mol. The zero-order valence-electron chi connectivity index (χ0n) is 15.6. The second-order valence-corrected chi connectivity index (χ2v) is 7.88. The molecule has 28 heavy (non-hydrogen) atoms. The van der Waals surface area contributed by atoms with Crippen LogP contribution in [0, 0.1) is 0 Å². The Morgan fingerprint density at radius 1 is 1.14 bits per heavy atom. The topological polar surface area (TPSA) is 74.8 Å². The third kappa shape index (κ3) is 4.69. The summed E-state index contributed by atoms with van der Waals surface area (Å²) in [4.78, 5) is 32.6. The maximum absolute atomic E-state index is 13.1. The molecule has 1 aromatic heterocycles. The summed E-state index contributed by atoms with van der Waals surface area (Å²) in [6.45, 7) is 2.48. The number of ether oxygens (including phenoxy) is 1. The van der Waals surface area contributed by atoms with Gasteiger partial charge < -0.3 is 10.1 Å². The molecule has 1 atom stereocenters. The van der Waals surface area contributed by atoms with Gasteiger partial charge in [0.15, 0.2) is 5.50 Å². The number of imide groups is 1. The van der Waals surface area contributed by atoms with Crippen molar-refractivity contribution < 1.29 is 14.3 Å². The van der Waals surface area contributed by atoms with Gasteiger partial charge in [0.2, 0.25) is 5.88 Å². The Kier molecular flexibility index (Phi) is 6.64. The Balaban J connectivity index is 1.80. The molecular weight excluding hydrogens is 400 g/mol. The molecule has 0 bridgehead atoms. The number of carbonyl (C=O) groups is 2. The highest BCUT2D eigenvalue weighted by Crippen LogP contribution is 2.24. The summed E-state index contributed by atoms with van der Waals surface area (Å²) in [5.74, 6) is 1.24. The van der Waals surface area contributed by atoms with Gasteiger partial charge in [0, 0.05) is 17.3 Å². The minimum Gasteiger partial charge on any atom is -0.481 e. The van der Waals surface area contributed by atoms with E-state index in [-0.39, 0.29) is 12.6 Å². The number of methoxy groups -OCH3 is 1. The van der Waals surface area contributed by atoms with Gasteiger partial charge >= 0.3 is 12.1 Å². The Bertz CT molecular complexity index is 832. The molecule has 7 nitrogen and oxygen atoms in total. The van der Waals surface area contributed by atoms with Crippen LogP contribution in [-0.2, 0) is 13.1 Å². The number of aromatic nitrogens is 1. The van der Waals surface area contributed by atoms with Crippen molar-refractivity contribution in [2.24, 2.45) is 0 Å². The largest absolute Gasteiger partial charge is 0.481 e. The molecule has 0 aliphatic carbocycles. The van der Waals surface area contributed by atoms with Crippen LogP contribution < -0.4 is 10.1 Å². The molecule has 1 aliphatic rings. The molecular formula is C19H21ClN4O3S. The van der Waals surface area contributed by atoms with Crippen molar-refractivity contribution in [2.75, 3.05) is 12.9 Å². The van der Waals surface area contributed by atoms with E-state index >= 15 is 0 Å². The number of urea groups is 2. The maximum atomic E-state index is 13.1. The number of hydrogen-bond acceptors (Lipinski definition) is 5. The summed E-state index contributed by atoms with van der Waals surface area (Å²) >= 11 is 7.45. The third-order valence-electron chi connectivity index (χ3n) is 4.19. The van der Waals surface area contributed by atoms with Gasteiger partial charge in [-0.1, -0.05) is 36.7 Å². The summed E-state index contributed by atoms with van der Waals surface area (Å²) in [7, 11) is 1.53. The lowest BCUT2D eigenvalue weighted by atomic mass is 10.2. The van der Waals surface area contributed by atoms with Crippen LogP contribution in [-0.4, -0.2) is 45.2 Å². The molecule has 0 spiro atoms. The van der Waals surface area contributed by atoms with Crippen LogP contribution in [0.15, 0.2) is 42.6 Å². The molecule has 2 heterocycles. The first-order valence-corrected chi connectivity index (χ1v) is 10.2. The number of carbonyl (C=O) groups excluding carboxylic acids is 2. The molecule has 4 amide bonds. The van der Waals surface area contributed by atoms with Crippen LogP contribution in [0.2, 0.25) is 5.02 Å². The average molecular weight is 421 g/mol. The van der Waals surface area contributed by atoms with Gasteiger partial charge in [-0.25, -0.2) is 19.5 Å². The van der Waals surface area contributed by atoms with E-state index in [9.17, 15) is 9.59 Å². The van der Waals surface area contributed by atoms with Crippen LogP contribution in [0.25, 0.3) is 0 Å². The zero-order valence-corrected chi connectivity index (χ0v) is 17.2. The van der Waals surface area contributed by atoms with Gasteiger partial charge in [-0.2, -0.15) is 0 Å². The lowest BCUT2D eigenvalue weighted by molar-refractivity contribution is 0.119. The number of hydrogen-bond donors (Lipinski definition) is 1. The van der Waals surface area contributed by atoms with Crippen molar-refractivity contribution in [1.82, 2.24) is 20.1 Å². The van der Waals surface area contributed by atoms with Crippen molar-refractivity contribution in [1.29, 1.82) is 0 Å². The molecule has 0 radical (unpaired) electrons. The Labute approximate surface area is 173 Å². The van der Waals surface area contributed by atoms with Crippen LogP contribution in [0.4, 0.5) is 9.59 Å². The van der Waals surface area contributed by atoms with Gasteiger partial charge in [0.05, 0.1) is 20.2 Å². The number of nitrogens with one attached hydrogen (secondary N) is 1. The van der Waals surface area contributed by atoms with E-state index in [4.69, 9.17) is 16.3 Å². The Morgan fingerprint density at radius 3 is 2.46 bits per heavy atom. The summed E-state index contributed by atoms with van der Waals surface area (Å²) in [6.07, 6.45) is 1.59.